The SMILES string of the molecule is Cc1ccc2c(=O)c3ccc(Cl)c(Cl)c3n(CC(=O)O)c2c1. The van der Waals surface area contributed by atoms with E-state index < -0.39 is 5.97 Å². The van der Waals surface area contributed by atoms with Crippen molar-refractivity contribution in [3.8, 4) is 0 Å². The Kier molecular flexibility index (Phi) is 3.59. The van der Waals surface area contributed by atoms with E-state index in [1.54, 1.807) is 24.3 Å². The van der Waals surface area contributed by atoms with Gasteiger partial charge in [-0.3, -0.25) is 9.59 Å². The molecule has 0 unspecified atom stereocenters. The Labute approximate surface area is 135 Å². The minimum absolute atomic E-state index is 0.181. The van der Waals surface area contributed by atoms with Crippen LogP contribution in [0.25, 0.3) is 21.8 Å². The molecule has 0 amide bonds. The predicted molar refractivity (Wildman–Crippen MR) is 88.1 cm³/mol. The van der Waals surface area contributed by atoms with Gasteiger partial charge in [0, 0.05) is 10.8 Å². The Morgan fingerprint density at radius 1 is 1.18 bits per heavy atom. The smallest absolute Gasteiger partial charge is 0.323 e. The molecule has 112 valence electrons. The highest BCUT2D eigenvalue weighted by atomic mass is 35.5. The number of aliphatic carboxylic acids is 1. The lowest BCUT2D eigenvalue weighted by atomic mass is 10.1. The summed E-state index contributed by atoms with van der Waals surface area (Å²) in [5, 5.41) is 10.5. The standard InChI is InChI=1S/C16H11Cl2NO3/c1-8-2-3-9-12(6-8)19(7-13(20)21)15-10(16(9)22)4-5-11(17)14(15)18/h2-6H,7H2,1H3,(H,20,21). The minimum Gasteiger partial charge on any atom is -0.480 e. The number of carbonyl (C=O) groups is 1. The number of rotatable bonds is 2. The average Bonchev–Trinajstić information content (AvgIpc) is 2.46. The van der Waals surface area contributed by atoms with Gasteiger partial charge >= 0.3 is 5.97 Å². The summed E-state index contributed by atoms with van der Waals surface area (Å²) < 4.78 is 1.52. The van der Waals surface area contributed by atoms with Crippen molar-refractivity contribution in [2.24, 2.45) is 0 Å². The first-order valence-corrected chi connectivity index (χ1v) is 7.28. The topological polar surface area (TPSA) is 59.3 Å². The van der Waals surface area contributed by atoms with Crippen LogP contribution in [-0.4, -0.2) is 15.6 Å². The second-order valence-corrected chi connectivity index (χ2v) is 5.87. The summed E-state index contributed by atoms with van der Waals surface area (Å²) in [6.07, 6.45) is 0. The van der Waals surface area contributed by atoms with Gasteiger partial charge in [0.2, 0.25) is 0 Å². The molecule has 0 atom stereocenters. The van der Waals surface area contributed by atoms with Crippen molar-refractivity contribution in [3.05, 3.63) is 56.2 Å². The maximum Gasteiger partial charge on any atom is 0.323 e. The van der Waals surface area contributed by atoms with E-state index in [1.165, 1.54) is 4.57 Å². The highest BCUT2D eigenvalue weighted by Gasteiger charge is 2.16. The van der Waals surface area contributed by atoms with E-state index in [0.29, 0.717) is 21.8 Å². The number of aryl methyl sites for hydroxylation is 1. The molecule has 1 aromatic heterocycles. The number of fused-ring (bicyclic) bond motifs is 2. The van der Waals surface area contributed by atoms with Crippen LogP contribution in [0, 0.1) is 6.92 Å². The Morgan fingerprint density at radius 2 is 1.86 bits per heavy atom. The van der Waals surface area contributed by atoms with Gasteiger partial charge in [0.05, 0.1) is 21.1 Å². The summed E-state index contributed by atoms with van der Waals surface area (Å²) in [5.74, 6) is -1.02. The molecule has 3 rings (SSSR count). The largest absolute Gasteiger partial charge is 0.480 e. The molecular weight excluding hydrogens is 325 g/mol. The van der Waals surface area contributed by atoms with Gasteiger partial charge in [-0.1, -0.05) is 29.3 Å². The maximum atomic E-state index is 12.6. The van der Waals surface area contributed by atoms with Gasteiger partial charge < -0.3 is 9.67 Å². The summed E-state index contributed by atoms with van der Waals surface area (Å²) in [7, 11) is 0. The number of pyridine rings is 1. The summed E-state index contributed by atoms with van der Waals surface area (Å²) in [6, 6.07) is 8.41. The molecule has 4 nitrogen and oxygen atoms in total. The second kappa shape index (κ2) is 5.30. The number of carboxylic acids is 1. The minimum atomic E-state index is -1.02. The molecule has 0 saturated heterocycles. The zero-order chi connectivity index (χ0) is 16.0. The van der Waals surface area contributed by atoms with E-state index in [1.807, 2.05) is 13.0 Å². The number of carboxylic acid groups (broad SMARTS) is 1. The number of hydrogen-bond acceptors (Lipinski definition) is 2. The Morgan fingerprint density at radius 3 is 2.55 bits per heavy atom. The molecule has 22 heavy (non-hydrogen) atoms. The van der Waals surface area contributed by atoms with Crippen LogP contribution >= 0.6 is 23.2 Å². The fourth-order valence-electron chi connectivity index (χ4n) is 2.61. The number of benzene rings is 2. The first kappa shape index (κ1) is 14.9. The summed E-state index contributed by atoms with van der Waals surface area (Å²) >= 11 is 12.3. The number of halogens is 2. The fraction of sp³-hybridized carbons (Fsp3) is 0.125. The summed E-state index contributed by atoms with van der Waals surface area (Å²) in [5.41, 5.74) is 1.61. The molecule has 0 radical (unpaired) electrons. The van der Waals surface area contributed by atoms with Crippen LogP contribution in [0.5, 0.6) is 0 Å². The van der Waals surface area contributed by atoms with Crippen LogP contribution in [-0.2, 0) is 11.3 Å². The molecule has 1 heterocycles. The van der Waals surface area contributed by atoms with Crippen LogP contribution in [0.4, 0.5) is 0 Å². The number of nitrogens with zero attached hydrogens (tertiary/aromatic N) is 1. The van der Waals surface area contributed by atoms with E-state index >= 15 is 0 Å². The third kappa shape index (κ3) is 2.25. The van der Waals surface area contributed by atoms with Crippen LogP contribution in [0.1, 0.15) is 5.56 Å². The highest BCUT2D eigenvalue weighted by Crippen LogP contribution is 2.31. The molecule has 0 saturated carbocycles. The van der Waals surface area contributed by atoms with E-state index in [9.17, 15) is 14.7 Å². The predicted octanol–water partition coefficient (Wildman–Crippen LogP) is 3.85. The molecule has 0 fully saturated rings. The molecule has 0 spiro atoms. The van der Waals surface area contributed by atoms with Gasteiger partial charge in [-0.25, -0.2) is 0 Å². The lowest BCUT2D eigenvalue weighted by molar-refractivity contribution is -0.137. The lowest BCUT2D eigenvalue weighted by Crippen LogP contribution is -2.16. The first-order valence-electron chi connectivity index (χ1n) is 6.53. The third-order valence-electron chi connectivity index (χ3n) is 3.57. The molecule has 6 heteroatoms. The monoisotopic (exact) mass is 335 g/mol. The van der Waals surface area contributed by atoms with Gasteiger partial charge in [0.1, 0.15) is 6.54 Å². The third-order valence-corrected chi connectivity index (χ3v) is 4.36. The first-order chi connectivity index (χ1) is 10.4. The fourth-order valence-corrected chi connectivity index (χ4v) is 3.03. The number of hydrogen-bond donors (Lipinski definition) is 1. The molecule has 0 aliphatic heterocycles. The van der Waals surface area contributed by atoms with Crippen molar-refractivity contribution in [1.29, 1.82) is 0 Å². The van der Waals surface area contributed by atoms with E-state index in [0.717, 1.165) is 5.56 Å². The van der Waals surface area contributed by atoms with Gasteiger partial charge in [-0.2, -0.15) is 0 Å². The van der Waals surface area contributed by atoms with Gasteiger partial charge in [-0.05, 0) is 36.8 Å². The van der Waals surface area contributed by atoms with Gasteiger partial charge in [0.15, 0.2) is 5.43 Å². The molecular formula is C16H11Cl2NO3. The zero-order valence-corrected chi connectivity index (χ0v) is 13.1. The second-order valence-electron chi connectivity index (χ2n) is 5.09. The van der Waals surface area contributed by atoms with Crippen molar-refractivity contribution in [2.45, 2.75) is 13.5 Å². The van der Waals surface area contributed by atoms with Crippen LogP contribution < -0.4 is 5.43 Å². The molecule has 0 bridgehead atoms. The average molecular weight is 336 g/mol. The van der Waals surface area contributed by atoms with Crippen LogP contribution in [0.15, 0.2) is 35.1 Å². The molecule has 0 aliphatic rings. The Hall–Kier alpha value is -2.04. The summed E-state index contributed by atoms with van der Waals surface area (Å²) in [6.45, 7) is 1.57. The molecule has 0 aliphatic carbocycles. The quantitative estimate of drug-likeness (QED) is 0.723. The van der Waals surface area contributed by atoms with Crippen molar-refractivity contribution in [3.63, 3.8) is 0 Å². The van der Waals surface area contributed by atoms with Crippen molar-refractivity contribution in [1.82, 2.24) is 4.57 Å². The zero-order valence-electron chi connectivity index (χ0n) is 11.6. The van der Waals surface area contributed by atoms with Gasteiger partial charge in [-0.15, -0.1) is 0 Å². The molecule has 3 aromatic rings. The van der Waals surface area contributed by atoms with E-state index in [-0.39, 0.29) is 22.0 Å². The van der Waals surface area contributed by atoms with Crippen molar-refractivity contribution in [2.75, 3.05) is 0 Å². The maximum absolute atomic E-state index is 12.6. The van der Waals surface area contributed by atoms with E-state index in [2.05, 4.69) is 0 Å². The summed E-state index contributed by atoms with van der Waals surface area (Å²) in [4.78, 5) is 23.9. The van der Waals surface area contributed by atoms with Crippen molar-refractivity contribution < 1.29 is 9.90 Å². The normalized spacial score (nSPS) is 11.2. The Bertz CT molecular complexity index is 992. The van der Waals surface area contributed by atoms with Crippen LogP contribution in [0.2, 0.25) is 10.0 Å². The Balaban J connectivity index is 2.64. The van der Waals surface area contributed by atoms with E-state index in [4.69, 9.17) is 23.2 Å². The van der Waals surface area contributed by atoms with Crippen LogP contribution in [0.3, 0.4) is 0 Å². The lowest BCUT2D eigenvalue weighted by Gasteiger charge is -2.15. The van der Waals surface area contributed by atoms with Crippen molar-refractivity contribution >= 4 is 51.0 Å². The number of aromatic nitrogens is 1. The van der Waals surface area contributed by atoms with Gasteiger partial charge in [0.25, 0.3) is 0 Å². The highest BCUT2D eigenvalue weighted by molar-refractivity contribution is 6.45. The molecule has 1 N–H and O–H groups in total. The molecule has 2 aromatic carbocycles.